The lowest BCUT2D eigenvalue weighted by molar-refractivity contribution is -0.139. The topological polar surface area (TPSA) is 69.6 Å². The molecule has 4 heteroatoms. The van der Waals surface area contributed by atoms with Crippen molar-refractivity contribution in [2.75, 3.05) is 6.61 Å². The van der Waals surface area contributed by atoms with E-state index in [0.717, 1.165) is 5.56 Å². The lowest BCUT2D eigenvalue weighted by atomic mass is 10.1. The summed E-state index contributed by atoms with van der Waals surface area (Å²) in [6, 6.07) is 8.79. The maximum absolute atomic E-state index is 10.7. The number of benzene rings is 1. The molecule has 1 rings (SSSR count). The Bertz CT molecular complexity index is 326. The van der Waals surface area contributed by atoms with E-state index in [-0.39, 0.29) is 12.6 Å². The minimum absolute atomic E-state index is 0.0769. The van der Waals surface area contributed by atoms with Gasteiger partial charge in [0.1, 0.15) is 6.04 Å². The quantitative estimate of drug-likeness (QED) is 0.662. The van der Waals surface area contributed by atoms with E-state index in [9.17, 15) is 4.79 Å². The average molecular weight is 223 g/mol. The monoisotopic (exact) mass is 223 g/mol. The zero-order valence-corrected chi connectivity index (χ0v) is 9.26. The molecule has 0 radical (unpaired) electrons. The molecule has 0 bridgehead atoms. The molecule has 1 aromatic rings. The second-order valence-electron chi connectivity index (χ2n) is 3.80. The third kappa shape index (κ3) is 4.00. The number of nitrogens with one attached hydrogen (secondary N) is 1. The summed E-state index contributed by atoms with van der Waals surface area (Å²) in [6.07, 6.45) is 0.620. The van der Waals surface area contributed by atoms with Crippen molar-refractivity contribution in [3.63, 3.8) is 0 Å². The molecule has 3 N–H and O–H groups in total. The van der Waals surface area contributed by atoms with Crippen LogP contribution in [0.1, 0.15) is 12.5 Å². The molecule has 4 nitrogen and oxygen atoms in total. The fourth-order valence-corrected chi connectivity index (χ4v) is 1.50. The van der Waals surface area contributed by atoms with Crippen LogP contribution in [0.2, 0.25) is 0 Å². The van der Waals surface area contributed by atoms with E-state index in [1.165, 1.54) is 0 Å². The van der Waals surface area contributed by atoms with Crippen molar-refractivity contribution in [1.29, 1.82) is 0 Å². The van der Waals surface area contributed by atoms with Gasteiger partial charge in [0.15, 0.2) is 0 Å². The summed E-state index contributed by atoms with van der Waals surface area (Å²) in [5.74, 6) is -0.911. The van der Waals surface area contributed by atoms with Crippen LogP contribution < -0.4 is 5.32 Å². The van der Waals surface area contributed by atoms with Crippen LogP contribution in [0.3, 0.4) is 0 Å². The third-order valence-corrected chi connectivity index (χ3v) is 2.40. The highest BCUT2D eigenvalue weighted by Gasteiger charge is 2.16. The van der Waals surface area contributed by atoms with Gasteiger partial charge >= 0.3 is 5.97 Å². The molecule has 0 aliphatic carbocycles. The molecular weight excluding hydrogens is 206 g/mol. The molecule has 0 saturated heterocycles. The molecule has 0 saturated carbocycles. The number of aliphatic hydroxyl groups is 1. The molecule has 0 aliphatic rings. The highest BCUT2D eigenvalue weighted by atomic mass is 16.4. The van der Waals surface area contributed by atoms with Crippen molar-refractivity contribution in [3.8, 4) is 0 Å². The number of aliphatic hydroxyl groups excluding tert-OH is 1. The van der Waals surface area contributed by atoms with E-state index in [0.29, 0.717) is 6.42 Å². The Hall–Kier alpha value is -1.39. The van der Waals surface area contributed by atoms with Crippen LogP contribution in [0.25, 0.3) is 0 Å². The van der Waals surface area contributed by atoms with Crippen LogP contribution in [-0.4, -0.2) is 34.9 Å². The second-order valence-corrected chi connectivity index (χ2v) is 3.80. The molecule has 0 amide bonds. The van der Waals surface area contributed by atoms with Gasteiger partial charge in [-0.15, -0.1) is 0 Å². The van der Waals surface area contributed by atoms with Crippen molar-refractivity contribution >= 4 is 5.97 Å². The van der Waals surface area contributed by atoms with Gasteiger partial charge in [-0.25, -0.2) is 0 Å². The van der Waals surface area contributed by atoms with Crippen molar-refractivity contribution in [2.24, 2.45) is 0 Å². The molecule has 1 aromatic carbocycles. The van der Waals surface area contributed by atoms with Gasteiger partial charge in [-0.05, 0) is 18.9 Å². The predicted octanol–water partition coefficient (Wildman–Crippen LogP) is 0.653. The Kier molecular flexibility index (Phi) is 4.95. The lowest BCUT2D eigenvalue weighted by Gasteiger charge is -2.19. The summed E-state index contributed by atoms with van der Waals surface area (Å²) in [5.41, 5.74) is 1.08. The summed E-state index contributed by atoms with van der Waals surface area (Å²) in [6.45, 7) is 1.49. The number of hydrogen-bond donors (Lipinski definition) is 3. The van der Waals surface area contributed by atoms with Crippen molar-refractivity contribution in [2.45, 2.75) is 25.4 Å². The summed E-state index contributed by atoms with van der Waals surface area (Å²) in [4.78, 5) is 10.7. The van der Waals surface area contributed by atoms with Gasteiger partial charge in [-0.2, -0.15) is 0 Å². The smallest absolute Gasteiger partial charge is 0.320 e. The Morgan fingerprint density at radius 2 is 2.00 bits per heavy atom. The molecule has 2 atom stereocenters. The minimum Gasteiger partial charge on any atom is -0.480 e. The van der Waals surface area contributed by atoms with Gasteiger partial charge < -0.3 is 10.2 Å². The largest absolute Gasteiger partial charge is 0.480 e. The fourth-order valence-electron chi connectivity index (χ4n) is 1.50. The Morgan fingerprint density at radius 3 is 2.50 bits per heavy atom. The number of carbonyl (C=O) groups is 1. The Labute approximate surface area is 94.9 Å². The van der Waals surface area contributed by atoms with Crippen LogP contribution in [0, 0.1) is 0 Å². The van der Waals surface area contributed by atoms with E-state index < -0.39 is 12.0 Å². The van der Waals surface area contributed by atoms with E-state index in [1.54, 1.807) is 6.92 Å². The first kappa shape index (κ1) is 12.7. The van der Waals surface area contributed by atoms with Crippen LogP contribution in [0.15, 0.2) is 30.3 Å². The van der Waals surface area contributed by atoms with E-state index in [2.05, 4.69) is 5.32 Å². The van der Waals surface area contributed by atoms with Gasteiger partial charge in [-0.3, -0.25) is 10.1 Å². The molecule has 0 unspecified atom stereocenters. The van der Waals surface area contributed by atoms with Crippen molar-refractivity contribution in [3.05, 3.63) is 35.9 Å². The van der Waals surface area contributed by atoms with Gasteiger partial charge in [0.25, 0.3) is 0 Å². The van der Waals surface area contributed by atoms with Gasteiger partial charge in [0.2, 0.25) is 0 Å². The Balaban J connectivity index is 2.53. The zero-order chi connectivity index (χ0) is 12.0. The molecule has 0 heterocycles. The predicted molar refractivity (Wildman–Crippen MR) is 61.3 cm³/mol. The van der Waals surface area contributed by atoms with Crippen molar-refractivity contribution < 1.29 is 15.0 Å². The lowest BCUT2D eigenvalue weighted by Crippen LogP contribution is -2.44. The summed E-state index contributed by atoms with van der Waals surface area (Å²) < 4.78 is 0. The van der Waals surface area contributed by atoms with Crippen LogP contribution in [-0.2, 0) is 11.2 Å². The van der Waals surface area contributed by atoms with Gasteiger partial charge in [0, 0.05) is 6.04 Å². The molecule has 0 fully saturated rings. The van der Waals surface area contributed by atoms with Gasteiger partial charge in [0.05, 0.1) is 6.61 Å². The number of carboxylic acids is 1. The van der Waals surface area contributed by atoms with Gasteiger partial charge in [-0.1, -0.05) is 30.3 Å². The Morgan fingerprint density at radius 1 is 1.38 bits per heavy atom. The summed E-state index contributed by atoms with van der Waals surface area (Å²) >= 11 is 0. The highest BCUT2D eigenvalue weighted by Crippen LogP contribution is 2.03. The molecule has 88 valence electrons. The summed E-state index contributed by atoms with van der Waals surface area (Å²) in [7, 11) is 0. The molecular formula is C12H17NO3. The molecule has 0 spiro atoms. The van der Waals surface area contributed by atoms with Crippen LogP contribution >= 0.6 is 0 Å². The normalized spacial score (nSPS) is 14.4. The molecule has 0 aromatic heterocycles. The SMILES string of the molecule is C[C@@H](N[C@H](CO)Cc1ccccc1)C(=O)O. The van der Waals surface area contributed by atoms with E-state index in [1.807, 2.05) is 30.3 Å². The standard InChI is InChI=1S/C12H17NO3/c1-9(12(15)16)13-11(8-14)7-10-5-3-2-4-6-10/h2-6,9,11,13-14H,7-8H2,1H3,(H,15,16)/t9-,11+/m1/s1. The minimum atomic E-state index is -0.911. The number of rotatable bonds is 6. The van der Waals surface area contributed by atoms with E-state index >= 15 is 0 Å². The van der Waals surface area contributed by atoms with Crippen LogP contribution in [0.4, 0.5) is 0 Å². The first-order valence-electron chi connectivity index (χ1n) is 5.27. The first-order chi connectivity index (χ1) is 7.63. The fraction of sp³-hybridized carbons (Fsp3) is 0.417. The van der Waals surface area contributed by atoms with Crippen LogP contribution in [0.5, 0.6) is 0 Å². The molecule has 0 aliphatic heterocycles. The van der Waals surface area contributed by atoms with Crippen molar-refractivity contribution in [1.82, 2.24) is 5.32 Å². The highest BCUT2D eigenvalue weighted by molar-refractivity contribution is 5.72. The third-order valence-electron chi connectivity index (χ3n) is 2.40. The maximum atomic E-state index is 10.7. The number of hydrogen-bond acceptors (Lipinski definition) is 3. The number of aliphatic carboxylic acids is 1. The molecule has 16 heavy (non-hydrogen) atoms. The maximum Gasteiger partial charge on any atom is 0.320 e. The zero-order valence-electron chi connectivity index (χ0n) is 9.26. The van der Waals surface area contributed by atoms with E-state index in [4.69, 9.17) is 10.2 Å². The second kappa shape index (κ2) is 6.25. The average Bonchev–Trinajstić information content (AvgIpc) is 2.29. The number of carboxylic acid groups (broad SMARTS) is 1. The first-order valence-corrected chi connectivity index (χ1v) is 5.27. The summed E-state index contributed by atoms with van der Waals surface area (Å²) in [5, 5.41) is 20.8.